The number of carbonyl (C=O) groups excluding carboxylic acids is 2. The monoisotopic (exact) mass is 431 g/mol. The quantitative estimate of drug-likeness (QED) is 0.550. The Kier molecular flexibility index (Phi) is 6.58. The van der Waals surface area contributed by atoms with Crippen molar-refractivity contribution in [3.63, 3.8) is 0 Å². The Balaban J connectivity index is 1.67. The Bertz CT molecular complexity index is 1060. The van der Waals surface area contributed by atoms with Gasteiger partial charge in [-0.1, -0.05) is 18.2 Å². The Morgan fingerprint density at radius 1 is 1.06 bits per heavy atom. The lowest BCUT2D eigenvalue weighted by atomic mass is 10.1. The average molecular weight is 431 g/mol. The van der Waals surface area contributed by atoms with E-state index in [-0.39, 0.29) is 12.2 Å². The molecule has 1 heterocycles. The first-order valence-corrected chi connectivity index (χ1v) is 9.33. The summed E-state index contributed by atoms with van der Waals surface area (Å²) in [6, 6.07) is 10.5. The molecule has 0 saturated carbocycles. The number of urea groups is 1. The zero-order valence-electron chi connectivity index (χ0n) is 16.5. The highest BCUT2D eigenvalue weighted by molar-refractivity contribution is 6.04. The van der Waals surface area contributed by atoms with E-state index in [0.29, 0.717) is 12.0 Å². The van der Waals surface area contributed by atoms with E-state index >= 15 is 0 Å². The topological polar surface area (TPSA) is 88.1 Å². The number of anilines is 2. The highest BCUT2D eigenvalue weighted by Gasteiger charge is 2.34. The van der Waals surface area contributed by atoms with Crippen LogP contribution in [0.25, 0.3) is 0 Å². The van der Waals surface area contributed by atoms with Gasteiger partial charge in [0.15, 0.2) is 0 Å². The van der Waals surface area contributed by atoms with Gasteiger partial charge in [-0.3, -0.25) is 4.79 Å². The highest BCUT2D eigenvalue weighted by atomic mass is 19.4. The predicted octanol–water partition coefficient (Wildman–Crippen LogP) is 4.06. The van der Waals surface area contributed by atoms with E-state index in [4.69, 9.17) is 0 Å². The second kappa shape index (κ2) is 9.33. The van der Waals surface area contributed by atoms with E-state index in [1.54, 1.807) is 54.3 Å². The minimum atomic E-state index is -4.73. The lowest BCUT2D eigenvalue weighted by Gasteiger charge is -2.16. The number of benzene rings is 2. The summed E-state index contributed by atoms with van der Waals surface area (Å²) >= 11 is 0. The first kappa shape index (κ1) is 21.9. The van der Waals surface area contributed by atoms with E-state index in [0.717, 1.165) is 18.0 Å². The normalized spacial score (nSPS) is 11.1. The summed E-state index contributed by atoms with van der Waals surface area (Å²) in [6.07, 6.45) is -0.942. The van der Waals surface area contributed by atoms with Crippen LogP contribution in [0.5, 0.6) is 0 Å². The molecule has 3 aromatic rings. The molecule has 0 aliphatic heterocycles. The van der Waals surface area contributed by atoms with Gasteiger partial charge >= 0.3 is 12.2 Å². The Morgan fingerprint density at radius 3 is 2.45 bits per heavy atom. The molecule has 7 nitrogen and oxygen atoms in total. The fourth-order valence-corrected chi connectivity index (χ4v) is 2.85. The lowest BCUT2D eigenvalue weighted by Crippen LogP contribution is -2.31. The average Bonchev–Trinajstić information content (AvgIpc) is 3.13. The summed E-state index contributed by atoms with van der Waals surface area (Å²) in [6.45, 7) is 0.198. The molecule has 2 aromatic carbocycles. The standard InChI is InChI=1S/C21H20F3N5O2/c1-29-12-11-25-18(29)9-10-26-20(31)28-17-8-7-15(13-16(17)21(22,23)24)27-19(30)14-5-3-2-4-6-14/h2-8,11-13H,9-10H2,1H3,(H,27,30)(H2,26,28,31). The van der Waals surface area contributed by atoms with Gasteiger partial charge in [-0.25, -0.2) is 9.78 Å². The van der Waals surface area contributed by atoms with E-state index in [2.05, 4.69) is 20.9 Å². The fourth-order valence-electron chi connectivity index (χ4n) is 2.85. The molecule has 0 bridgehead atoms. The largest absolute Gasteiger partial charge is 0.418 e. The van der Waals surface area contributed by atoms with Gasteiger partial charge in [-0.05, 0) is 30.3 Å². The molecule has 0 fully saturated rings. The molecular weight excluding hydrogens is 411 g/mol. The van der Waals surface area contributed by atoms with Crippen LogP contribution in [0.3, 0.4) is 0 Å². The van der Waals surface area contributed by atoms with Crippen LogP contribution in [-0.2, 0) is 19.6 Å². The molecule has 10 heteroatoms. The molecule has 0 spiro atoms. The molecule has 31 heavy (non-hydrogen) atoms. The molecule has 0 unspecified atom stereocenters. The number of hydrogen-bond acceptors (Lipinski definition) is 3. The summed E-state index contributed by atoms with van der Waals surface area (Å²) < 4.78 is 42.4. The molecule has 1 aromatic heterocycles. The number of nitrogens with zero attached hydrogens (tertiary/aromatic N) is 2. The van der Waals surface area contributed by atoms with Crippen LogP contribution in [0.4, 0.5) is 29.3 Å². The Morgan fingerprint density at radius 2 is 1.81 bits per heavy atom. The highest BCUT2D eigenvalue weighted by Crippen LogP contribution is 2.36. The molecule has 162 valence electrons. The third kappa shape index (κ3) is 5.84. The first-order valence-electron chi connectivity index (χ1n) is 9.33. The van der Waals surface area contributed by atoms with Gasteiger partial charge < -0.3 is 20.5 Å². The van der Waals surface area contributed by atoms with E-state index < -0.39 is 29.4 Å². The zero-order chi connectivity index (χ0) is 22.4. The third-order valence-corrected chi connectivity index (χ3v) is 4.42. The van der Waals surface area contributed by atoms with Gasteiger partial charge in [0, 0.05) is 43.7 Å². The molecular formula is C21H20F3N5O2. The summed E-state index contributed by atoms with van der Waals surface area (Å²) in [5.41, 5.74) is -1.22. The summed E-state index contributed by atoms with van der Waals surface area (Å²) in [4.78, 5) is 28.4. The SMILES string of the molecule is Cn1ccnc1CCNC(=O)Nc1ccc(NC(=O)c2ccccc2)cc1C(F)(F)F. The van der Waals surface area contributed by atoms with Crippen molar-refractivity contribution in [2.45, 2.75) is 12.6 Å². The molecule has 0 aliphatic rings. The van der Waals surface area contributed by atoms with Crippen molar-refractivity contribution in [1.29, 1.82) is 0 Å². The van der Waals surface area contributed by atoms with Crippen molar-refractivity contribution < 1.29 is 22.8 Å². The van der Waals surface area contributed by atoms with Crippen molar-refractivity contribution in [3.05, 3.63) is 77.9 Å². The van der Waals surface area contributed by atoms with Crippen LogP contribution in [-0.4, -0.2) is 28.0 Å². The molecule has 3 rings (SSSR count). The number of amides is 3. The second-order valence-corrected chi connectivity index (χ2v) is 6.66. The van der Waals surface area contributed by atoms with E-state index in [1.165, 1.54) is 6.07 Å². The van der Waals surface area contributed by atoms with Crippen LogP contribution in [0.15, 0.2) is 60.9 Å². The van der Waals surface area contributed by atoms with Crippen molar-refractivity contribution >= 4 is 23.3 Å². The van der Waals surface area contributed by atoms with Crippen molar-refractivity contribution in [1.82, 2.24) is 14.9 Å². The van der Waals surface area contributed by atoms with Crippen LogP contribution in [0.2, 0.25) is 0 Å². The summed E-state index contributed by atoms with van der Waals surface area (Å²) in [7, 11) is 1.80. The smallest absolute Gasteiger partial charge is 0.338 e. The van der Waals surface area contributed by atoms with Gasteiger partial charge in [-0.2, -0.15) is 13.2 Å². The second-order valence-electron chi connectivity index (χ2n) is 6.66. The number of aryl methyl sites for hydroxylation is 1. The van der Waals surface area contributed by atoms with Crippen molar-refractivity contribution in [3.8, 4) is 0 Å². The minimum absolute atomic E-state index is 0.0399. The lowest BCUT2D eigenvalue weighted by molar-refractivity contribution is -0.136. The number of alkyl halides is 3. The van der Waals surface area contributed by atoms with Crippen molar-refractivity contribution in [2.24, 2.45) is 7.05 Å². The number of carbonyl (C=O) groups is 2. The predicted molar refractivity (Wildman–Crippen MR) is 110 cm³/mol. The van der Waals surface area contributed by atoms with Crippen LogP contribution in [0, 0.1) is 0 Å². The fraction of sp³-hybridized carbons (Fsp3) is 0.190. The molecule has 3 amide bonds. The number of rotatable bonds is 6. The van der Waals surface area contributed by atoms with Gasteiger partial charge in [0.2, 0.25) is 0 Å². The maximum absolute atomic E-state index is 13.5. The molecule has 0 aliphatic carbocycles. The third-order valence-electron chi connectivity index (χ3n) is 4.42. The molecule has 0 radical (unpaired) electrons. The van der Waals surface area contributed by atoms with Gasteiger partial charge in [-0.15, -0.1) is 0 Å². The number of nitrogens with one attached hydrogen (secondary N) is 3. The van der Waals surface area contributed by atoms with Gasteiger partial charge in [0.25, 0.3) is 5.91 Å². The van der Waals surface area contributed by atoms with Gasteiger partial charge in [0.1, 0.15) is 5.82 Å². The maximum Gasteiger partial charge on any atom is 0.418 e. The van der Waals surface area contributed by atoms with Crippen LogP contribution < -0.4 is 16.0 Å². The first-order chi connectivity index (χ1) is 14.7. The van der Waals surface area contributed by atoms with E-state index in [1.807, 2.05) is 0 Å². The molecule has 0 atom stereocenters. The Hall–Kier alpha value is -3.82. The minimum Gasteiger partial charge on any atom is -0.338 e. The van der Waals surface area contributed by atoms with Crippen molar-refractivity contribution in [2.75, 3.05) is 17.2 Å². The number of aromatic nitrogens is 2. The van der Waals surface area contributed by atoms with Gasteiger partial charge in [0.05, 0.1) is 11.3 Å². The summed E-state index contributed by atoms with van der Waals surface area (Å²) in [5.74, 6) is 0.191. The Labute approximate surface area is 176 Å². The summed E-state index contributed by atoms with van der Waals surface area (Å²) in [5, 5.41) is 7.15. The van der Waals surface area contributed by atoms with Crippen LogP contribution >= 0.6 is 0 Å². The number of imidazole rings is 1. The zero-order valence-corrected chi connectivity index (χ0v) is 16.5. The maximum atomic E-state index is 13.5. The number of hydrogen-bond donors (Lipinski definition) is 3. The molecule has 0 saturated heterocycles. The molecule has 3 N–H and O–H groups in total. The van der Waals surface area contributed by atoms with Crippen LogP contribution in [0.1, 0.15) is 21.7 Å². The number of halogens is 3. The van der Waals surface area contributed by atoms with E-state index in [9.17, 15) is 22.8 Å².